The average molecular weight is 567 g/mol. The summed E-state index contributed by atoms with van der Waals surface area (Å²) in [4.78, 5) is 34.6. The molecule has 0 bridgehead atoms. The molecule has 0 radical (unpaired) electrons. The van der Waals surface area contributed by atoms with Crippen LogP contribution in [0.3, 0.4) is 0 Å². The minimum Gasteiger partial charge on any atom is -0.493 e. The maximum atomic E-state index is 12.3. The molecule has 0 saturated heterocycles. The summed E-state index contributed by atoms with van der Waals surface area (Å²) in [5.74, 6) is -2.31. The fourth-order valence-electron chi connectivity index (χ4n) is 5.12. The molecule has 1 aliphatic carbocycles. The van der Waals surface area contributed by atoms with Crippen LogP contribution in [-0.2, 0) is 31.1 Å². The van der Waals surface area contributed by atoms with Crippen LogP contribution in [0.4, 0.5) is 0 Å². The second kappa shape index (κ2) is 12.5. The van der Waals surface area contributed by atoms with Gasteiger partial charge in [-0.1, -0.05) is 26.0 Å². The number of nitrogens with two attached hydrogens (primary N) is 1. The minimum atomic E-state index is -2.31. The van der Waals surface area contributed by atoms with E-state index in [2.05, 4.69) is 24.1 Å². The lowest BCUT2D eigenvalue weighted by molar-refractivity contribution is -0.167. The lowest BCUT2D eigenvalue weighted by Crippen LogP contribution is -2.45. The van der Waals surface area contributed by atoms with Gasteiger partial charge in [-0.05, 0) is 43.6 Å². The predicted molar refractivity (Wildman–Crippen MR) is 140 cm³/mol. The monoisotopic (exact) mass is 566 g/mol. The van der Waals surface area contributed by atoms with Crippen molar-refractivity contribution in [3.05, 3.63) is 35.4 Å². The molecular formula is C27H38N2O11. The second-order valence-electron chi connectivity index (χ2n) is 10.7. The number of hydrogen-bond acceptors (Lipinski definition) is 11. The van der Waals surface area contributed by atoms with E-state index >= 15 is 0 Å². The molecule has 0 aromatic heterocycles. The quantitative estimate of drug-likeness (QED) is 0.175. The normalized spacial score (nSPS) is 26.0. The Kier molecular flexibility index (Phi) is 9.80. The smallest absolute Gasteiger partial charge is 0.335 e. The van der Waals surface area contributed by atoms with E-state index in [4.69, 9.17) is 45.5 Å². The molecule has 7 N–H and O–H groups in total. The number of hydrogen-bond donors (Lipinski definition) is 6. The van der Waals surface area contributed by atoms with Gasteiger partial charge in [0.05, 0.1) is 12.5 Å². The number of nitrogens with zero attached hydrogens (tertiary/aromatic N) is 1. The first-order valence-electron chi connectivity index (χ1n) is 12.9. The van der Waals surface area contributed by atoms with Gasteiger partial charge in [0.25, 0.3) is 0 Å². The zero-order valence-electron chi connectivity index (χ0n) is 22.9. The van der Waals surface area contributed by atoms with Crippen molar-refractivity contribution in [2.45, 2.75) is 75.2 Å². The maximum absolute atomic E-state index is 12.3. The van der Waals surface area contributed by atoms with E-state index in [1.54, 1.807) is 7.11 Å². The first kappa shape index (κ1) is 31.3. The van der Waals surface area contributed by atoms with Gasteiger partial charge < -0.3 is 50.4 Å². The molecule has 0 saturated carbocycles. The number of carboxylic acid groups (broad SMARTS) is 2. The van der Waals surface area contributed by atoms with Crippen molar-refractivity contribution in [1.29, 1.82) is 0 Å². The van der Waals surface area contributed by atoms with Gasteiger partial charge >= 0.3 is 17.9 Å². The van der Waals surface area contributed by atoms with Crippen LogP contribution < -0.4 is 15.2 Å². The van der Waals surface area contributed by atoms with Crippen LogP contribution in [0.1, 0.15) is 37.8 Å². The van der Waals surface area contributed by atoms with Gasteiger partial charge in [-0.2, -0.15) is 0 Å². The molecule has 2 aliphatic heterocycles. The minimum absolute atomic E-state index is 0.0441. The molecule has 7 atom stereocenters. The molecule has 40 heavy (non-hydrogen) atoms. The van der Waals surface area contributed by atoms with Crippen molar-refractivity contribution >= 4 is 17.9 Å². The Morgan fingerprint density at radius 2 is 1.75 bits per heavy atom. The van der Waals surface area contributed by atoms with E-state index in [0.29, 0.717) is 6.42 Å². The number of aliphatic hydroxyl groups is 3. The molecule has 13 nitrogen and oxygen atoms in total. The second-order valence-corrected chi connectivity index (χ2v) is 10.7. The Morgan fingerprint density at radius 1 is 1.12 bits per heavy atom. The number of aliphatic carboxylic acids is 2. The Hall–Kier alpha value is -3.23. The van der Waals surface area contributed by atoms with Crippen LogP contribution in [0.2, 0.25) is 0 Å². The summed E-state index contributed by atoms with van der Waals surface area (Å²) in [7, 11) is 3.82. The van der Waals surface area contributed by atoms with E-state index in [1.807, 2.05) is 26.0 Å². The summed E-state index contributed by atoms with van der Waals surface area (Å²) in [5, 5.41) is 41.9. The summed E-state index contributed by atoms with van der Waals surface area (Å²) >= 11 is 0. The summed E-state index contributed by atoms with van der Waals surface area (Å²) in [5.41, 5.74) is 8.27. The molecule has 0 amide bonds. The van der Waals surface area contributed by atoms with Crippen LogP contribution in [0.15, 0.2) is 24.3 Å². The number of rotatable bonds is 8. The molecule has 3 aliphatic rings. The van der Waals surface area contributed by atoms with Crippen molar-refractivity contribution in [2.75, 3.05) is 20.7 Å². The van der Waals surface area contributed by atoms with Gasteiger partial charge in [0.2, 0.25) is 0 Å². The molecule has 1 aromatic rings. The molecule has 1 aromatic carbocycles. The van der Waals surface area contributed by atoms with Gasteiger partial charge in [0.1, 0.15) is 24.4 Å². The number of ether oxygens (including phenoxy) is 3. The third kappa shape index (κ3) is 6.23. The molecule has 2 heterocycles. The number of carbonyl (C=O) groups excluding carboxylic acids is 1. The zero-order valence-corrected chi connectivity index (χ0v) is 22.9. The standard InChI is InChI=1S/C22H30N2O4.C5H8O7/c1-13(2)19(23)21(25)27-15-7-8-22-9-10-24(3)12-14-5-6-16(26-4)20(18(14)22)28-17(22)11-15;6-1(2(7)4(9)10)3(8)5(11)12/h5-8,13,15,17,19H,9-12,23H2,1-4H3;1-3,6-8H,(H,9,10)(H,11,12)/t15-,17-,19-,22?;1?,2-,3+/m0./s1. The fraction of sp³-hybridized carbons (Fsp3) is 0.593. The number of carbonyl (C=O) groups is 3. The molecule has 4 rings (SSSR count). The van der Waals surface area contributed by atoms with Crippen LogP contribution in [0.25, 0.3) is 0 Å². The summed E-state index contributed by atoms with van der Waals surface area (Å²) < 4.78 is 17.7. The number of methoxy groups -OCH3 is 1. The van der Waals surface area contributed by atoms with Crippen molar-refractivity contribution in [1.82, 2.24) is 4.90 Å². The topological polar surface area (TPSA) is 209 Å². The van der Waals surface area contributed by atoms with Gasteiger partial charge in [-0.3, -0.25) is 4.79 Å². The highest BCUT2D eigenvalue weighted by molar-refractivity contribution is 5.77. The highest BCUT2D eigenvalue weighted by Gasteiger charge is 2.53. The third-order valence-corrected chi connectivity index (χ3v) is 7.54. The van der Waals surface area contributed by atoms with Gasteiger partial charge in [-0.15, -0.1) is 0 Å². The highest BCUT2D eigenvalue weighted by atomic mass is 16.6. The van der Waals surface area contributed by atoms with Gasteiger partial charge in [0, 0.05) is 18.5 Å². The average Bonchev–Trinajstić information content (AvgIpc) is 3.17. The molecule has 13 heteroatoms. The zero-order chi connectivity index (χ0) is 29.9. The van der Waals surface area contributed by atoms with Crippen molar-refractivity contribution in [3.8, 4) is 11.5 Å². The third-order valence-electron chi connectivity index (χ3n) is 7.54. The summed E-state index contributed by atoms with van der Waals surface area (Å²) in [6.07, 6.45) is -1.45. The summed E-state index contributed by atoms with van der Waals surface area (Å²) in [6.45, 7) is 5.71. The van der Waals surface area contributed by atoms with Crippen molar-refractivity contribution in [3.63, 3.8) is 0 Å². The first-order chi connectivity index (χ1) is 18.7. The largest absolute Gasteiger partial charge is 0.493 e. The molecule has 222 valence electrons. The van der Waals surface area contributed by atoms with Crippen LogP contribution in [-0.4, -0.2) is 106 Å². The Balaban J connectivity index is 0.000000312. The Bertz CT molecular complexity index is 1120. The number of esters is 1. The number of carboxylic acids is 2. The van der Waals surface area contributed by atoms with Crippen molar-refractivity contribution < 1.29 is 54.1 Å². The first-order valence-corrected chi connectivity index (χ1v) is 12.9. The van der Waals surface area contributed by atoms with Gasteiger partial charge in [0.15, 0.2) is 23.7 Å². The predicted octanol–water partition coefficient (Wildman–Crippen LogP) is -0.377. The fourth-order valence-corrected chi connectivity index (χ4v) is 5.12. The lowest BCUT2D eigenvalue weighted by Gasteiger charge is -2.37. The summed E-state index contributed by atoms with van der Waals surface area (Å²) in [6, 6.07) is 3.53. The Labute approximate surface area is 231 Å². The molecular weight excluding hydrogens is 528 g/mol. The van der Waals surface area contributed by atoms with Crippen LogP contribution in [0.5, 0.6) is 11.5 Å². The molecule has 0 fully saturated rings. The van der Waals surface area contributed by atoms with E-state index in [-0.39, 0.29) is 29.5 Å². The Morgan fingerprint density at radius 3 is 2.30 bits per heavy atom. The lowest BCUT2D eigenvalue weighted by atomic mass is 9.69. The van der Waals surface area contributed by atoms with E-state index in [0.717, 1.165) is 31.0 Å². The maximum Gasteiger partial charge on any atom is 0.335 e. The van der Waals surface area contributed by atoms with E-state index in [9.17, 15) is 14.4 Å². The van der Waals surface area contributed by atoms with Crippen LogP contribution >= 0.6 is 0 Å². The van der Waals surface area contributed by atoms with E-state index in [1.165, 1.54) is 11.1 Å². The molecule has 2 unspecified atom stereocenters. The van der Waals surface area contributed by atoms with Crippen molar-refractivity contribution in [2.24, 2.45) is 11.7 Å². The van der Waals surface area contributed by atoms with Gasteiger partial charge in [-0.25, -0.2) is 9.59 Å². The van der Waals surface area contributed by atoms with Crippen LogP contribution in [0, 0.1) is 5.92 Å². The van der Waals surface area contributed by atoms with E-state index < -0.39 is 36.3 Å². The SMILES string of the molecule is COc1ccc2c3c1O[C@H]1C[C@@H](OC(=O)[C@@H](N)C(C)C)C=CC31CCN(C)C2.O=C(O)[C@@H](O)C(O)[C@@H](O)C(=O)O. The number of benzene rings is 1. The highest BCUT2D eigenvalue weighted by Crippen LogP contribution is 2.55. The molecule has 1 spiro atoms. The number of aliphatic hydroxyl groups excluding tert-OH is 3.